The van der Waals surface area contributed by atoms with E-state index in [4.69, 9.17) is 16.7 Å². The summed E-state index contributed by atoms with van der Waals surface area (Å²) < 4.78 is 43.2. The number of nitrogens with one attached hydrogen (secondary N) is 2. The van der Waals surface area contributed by atoms with Gasteiger partial charge < -0.3 is 15.2 Å². The maximum atomic E-state index is 12.7. The third-order valence-corrected chi connectivity index (χ3v) is 3.26. The molecule has 0 aliphatic heterocycles. The smallest absolute Gasteiger partial charge is 0.354 e. The summed E-state index contributed by atoms with van der Waals surface area (Å²) in [6, 6.07) is 11.9. The van der Waals surface area contributed by atoms with Gasteiger partial charge in [0.1, 0.15) is 0 Å². The van der Waals surface area contributed by atoms with Crippen LogP contribution in [-0.4, -0.2) is 10.3 Å². The molecule has 8 heteroatoms. The van der Waals surface area contributed by atoms with E-state index in [2.05, 4.69) is 15.8 Å². The van der Waals surface area contributed by atoms with E-state index >= 15 is 0 Å². The number of fused-ring (bicyclic) bond motifs is 1. The summed E-state index contributed by atoms with van der Waals surface area (Å²) in [6.45, 7) is 0. The minimum absolute atomic E-state index is 0.114. The normalized spacial score (nSPS) is 11.4. The summed E-state index contributed by atoms with van der Waals surface area (Å²) in [7, 11) is 0. The number of benzene rings is 2. The summed E-state index contributed by atoms with van der Waals surface area (Å²) in [5.41, 5.74) is 0.0548. The van der Waals surface area contributed by atoms with Crippen LogP contribution in [0.1, 0.15) is 5.56 Å². The van der Waals surface area contributed by atoms with Crippen molar-refractivity contribution in [1.82, 2.24) is 5.16 Å². The number of thiocarbonyl (C=S) groups is 1. The van der Waals surface area contributed by atoms with E-state index in [1.807, 2.05) is 6.07 Å². The van der Waals surface area contributed by atoms with Crippen molar-refractivity contribution in [3.63, 3.8) is 0 Å². The SMILES string of the molecule is FC(F)(F)c1cccc(NC(=S)Nc2noc3ccccc23)c1. The molecule has 3 rings (SSSR count). The number of nitrogens with zero attached hydrogens (tertiary/aromatic N) is 1. The molecule has 0 aliphatic carbocycles. The molecule has 4 nitrogen and oxygen atoms in total. The molecule has 0 saturated carbocycles. The maximum Gasteiger partial charge on any atom is 0.416 e. The molecule has 1 heterocycles. The van der Waals surface area contributed by atoms with Crippen molar-refractivity contribution < 1.29 is 17.7 Å². The zero-order valence-corrected chi connectivity index (χ0v) is 12.3. The van der Waals surface area contributed by atoms with Gasteiger partial charge in [-0.15, -0.1) is 0 Å². The van der Waals surface area contributed by atoms with Gasteiger partial charge in [-0.2, -0.15) is 13.2 Å². The molecule has 0 unspecified atom stereocenters. The van der Waals surface area contributed by atoms with Gasteiger partial charge in [-0.1, -0.05) is 23.4 Å². The van der Waals surface area contributed by atoms with Crippen LogP contribution in [0.25, 0.3) is 11.0 Å². The number of alkyl halides is 3. The summed E-state index contributed by atoms with van der Waals surface area (Å²) in [5.74, 6) is 0.394. The Bertz CT molecular complexity index is 860. The quantitative estimate of drug-likeness (QED) is 0.666. The van der Waals surface area contributed by atoms with Crippen molar-refractivity contribution in [3.05, 3.63) is 54.1 Å². The molecule has 0 bridgehead atoms. The van der Waals surface area contributed by atoms with E-state index in [1.165, 1.54) is 12.1 Å². The fraction of sp³-hybridized carbons (Fsp3) is 0.0667. The van der Waals surface area contributed by atoms with Gasteiger partial charge in [-0.3, -0.25) is 0 Å². The lowest BCUT2D eigenvalue weighted by atomic mass is 10.2. The van der Waals surface area contributed by atoms with Crippen molar-refractivity contribution in [2.45, 2.75) is 6.18 Å². The summed E-state index contributed by atoms with van der Waals surface area (Å²) in [4.78, 5) is 0. The molecule has 0 radical (unpaired) electrons. The molecule has 0 atom stereocenters. The van der Waals surface area contributed by atoms with Gasteiger partial charge in [0.05, 0.1) is 10.9 Å². The highest BCUT2D eigenvalue weighted by atomic mass is 32.1. The van der Waals surface area contributed by atoms with Crippen LogP contribution in [-0.2, 0) is 6.18 Å². The van der Waals surface area contributed by atoms with Gasteiger partial charge in [0, 0.05) is 5.69 Å². The average Bonchev–Trinajstić information content (AvgIpc) is 2.90. The first kappa shape index (κ1) is 15.3. The lowest BCUT2D eigenvalue weighted by Gasteiger charge is -2.11. The molecule has 0 aliphatic rings. The van der Waals surface area contributed by atoms with Crippen LogP contribution >= 0.6 is 12.2 Å². The molecule has 0 saturated heterocycles. The average molecular weight is 337 g/mol. The van der Waals surface area contributed by atoms with E-state index in [-0.39, 0.29) is 10.8 Å². The molecular weight excluding hydrogens is 327 g/mol. The Kier molecular flexibility index (Phi) is 3.91. The van der Waals surface area contributed by atoms with Gasteiger partial charge in [0.15, 0.2) is 16.5 Å². The highest BCUT2D eigenvalue weighted by Crippen LogP contribution is 2.30. The van der Waals surface area contributed by atoms with Crippen molar-refractivity contribution in [3.8, 4) is 0 Å². The second-order valence-electron chi connectivity index (χ2n) is 4.69. The Morgan fingerprint density at radius 3 is 2.61 bits per heavy atom. The van der Waals surface area contributed by atoms with Gasteiger partial charge in [0.2, 0.25) is 0 Å². The fourth-order valence-corrected chi connectivity index (χ4v) is 2.23. The zero-order chi connectivity index (χ0) is 16.4. The van der Waals surface area contributed by atoms with Crippen LogP contribution in [0.4, 0.5) is 24.7 Å². The lowest BCUT2D eigenvalue weighted by Crippen LogP contribution is -2.19. The Labute approximate surface area is 134 Å². The molecule has 23 heavy (non-hydrogen) atoms. The number of hydrogen-bond acceptors (Lipinski definition) is 3. The number of aromatic nitrogens is 1. The van der Waals surface area contributed by atoms with E-state index in [0.29, 0.717) is 11.4 Å². The molecular formula is C15H10F3N3OS. The zero-order valence-electron chi connectivity index (χ0n) is 11.5. The summed E-state index contributed by atoms with van der Waals surface area (Å²) in [5, 5.41) is 10.2. The number of halogens is 3. The Hall–Kier alpha value is -2.61. The van der Waals surface area contributed by atoms with E-state index < -0.39 is 11.7 Å². The number of anilines is 2. The summed E-state index contributed by atoms with van der Waals surface area (Å²) >= 11 is 5.10. The maximum absolute atomic E-state index is 12.7. The number of para-hydroxylation sites is 1. The molecule has 2 N–H and O–H groups in total. The third kappa shape index (κ3) is 3.42. The highest BCUT2D eigenvalue weighted by Gasteiger charge is 2.30. The second kappa shape index (κ2) is 5.88. The fourth-order valence-electron chi connectivity index (χ4n) is 2.02. The van der Waals surface area contributed by atoms with E-state index in [1.54, 1.807) is 18.2 Å². The topological polar surface area (TPSA) is 50.1 Å². The summed E-state index contributed by atoms with van der Waals surface area (Å²) in [6.07, 6.45) is -4.41. The predicted octanol–water partition coefficient (Wildman–Crippen LogP) is 4.66. The highest BCUT2D eigenvalue weighted by molar-refractivity contribution is 7.80. The molecule has 0 spiro atoms. The Balaban J connectivity index is 1.75. The molecule has 0 amide bonds. The first-order valence-corrected chi connectivity index (χ1v) is 6.94. The van der Waals surface area contributed by atoms with Crippen molar-refractivity contribution in [2.75, 3.05) is 10.6 Å². The second-order valence-corrected chi connectivity index (χ2v) is 5.09. The van der Waals surface area contributed by atoms with Gasteiger partial charge in [-0.25, -0.2) is 0 Å². The van der Waals surface area contributed by atoms with Crippen LogP contribution in [0.15, 0.2) is 53.1 Å². The standard InChI is InChI=1S/C15H10F3N3OS/c16-15(17,18)9-4-3-5-10(8-9)19-14(23)20-13-11-6-1-2-7-12(11)22-21-13/h1-8H,(H2,19,20,21,23). The monoisotopic (exact) mass is 337 g/mol. The van der Waals surface area contributed by atoms with E-state index in [9.17, 15) is 13.2 Å². The largest absolute Gasteiger partial charge is 0.416 e. The lowest BCUT2D eigenvalue weighted by molar-refractivity contribution is -0.137. The Morgan fingerprint density at radius 2 is 1.83 bits per heavy atom. The molecule has 3 aromatic rings. The first-order chi connectivity index (χ1) is 10.9. The molecule has 1 aromatic heterocycles. The molecule has 118 valence electrons. The minimum atomic E-state index is -4.41. The Morgan fingerprint density at radius 1 is 1.04 bits per heavy atom. The van der Waals surface area contributed by atoms with Crippen LogP contribution in [0.3, 0.4) is 0 Å². The van der Waals surface area contributed by atoms with Gasteiger partial charge >= 0.3 is 6.18 Å². The first-order valence-electron chi connectivity index (χ1n) is 6.53. The number of hydrogen-bond donors (Lipinski definition) is 2. The van der Waals surface area contributed by atoms with Crippen LogP contribution < -0.4 is 10.6 Å². The van der Waals surface area contributed by atoms with Crippen molar-refractivity contribution in [1.29, 1.82) is 0 Å². The van der Waals surface area contributed by atoms with E-state index in [0.717, 1.165) is 17.5 Å². The molecule has 0 fully saturated rings. The predicted molar refractivity (Wildman–Crippen MR) is 85.3 cm³/mol. The van der Waals surface area contributed by atoms with Crippen LogP contribution in [0, 0.1) is 0 Å². The van der Waals surface area contributed by atoms with Crippen molar-refractivity contribution >= 4 is 39.8 Å². The minimum Gasteiger partial charge on any atom is -0.354 e. The number of rotatable bonds is 2. The van der Waals surface area contributed by atoms with Gasteiger partial charge in [0.25, 0.3) is 0 Å². The third-order valence-electron chi connectivity index (χ3n) is 3.06. The van der Waals surface area contributed by atoms with Crippen molar-refractivity contribution in [2.24, 2.45) is 0 Å². The molecule has 2 aromatic carbocycles. The van der Waals surface area contributed by atoms with Gasteiger partial charge in [-0.05, 0) is 42.5 Å². The van der Waals surface area contributed by atoms with Crippen LogP contribution in [0.5, 0.6) is 0 Å². The van der Waals surface area contributed by atoms with Crippen LogP contribution in [0.2, 0.25) is 0 Å².